The number of fused-ring (bicyclic) bond motifs is 1. The van der Waals surface area contributed by atoms with Crippen LogP contribution in [0.4, 0.5) is 0 Å². The molecule has 28 heavy (non-hydrogen) atoms. The number of esters is 1. The number of hydrogen-bond acceptors (Lipinski definition) is 5. The zero-order chi connectivity index (χ0) is 19.8. The number of benzene rings is 2. The first-order chi connectivity index (χ1) is 13.6. The lowest BCUT2D eigenvalue weighted by Crippen LogP contribution is -2.06. The number of carbonyl (C=O) groups is 1. The first-order valence-corrected chi connectivity index (χ1v) is 9.55. The van der Waals surface area contributed by atoms with Gasteiger partial charge in [-0.2, -0.15) is 0 Å². The van der Waals surface area contributed by atoms with E-state index in [2.05, 4.69) is 11.6 Å². The van der Waals surface area contributed by atoms with Crippen LogP contribution in [0.15, 0.2) is 65.1 Å². The third-order valence-electron chi connectivity index (χ3n) is 4.28. The summed E-state index contributed by atoms with van der Waals surface area (Å²) in [7, 11) is 0. The number of rotatable bonds is 10. The topological polar surface area (TPSA) is 61.6 Å². The summed E-state index contributed by atoms with van der Waals surface area (Å²) in [4.78, 5) is 15.7. The van der Waals surface area contributed by atoms with E-state index in [1.807, 2.05) is 48.5 Å². The maximum atomic E-state index is 11.2. The number of aromatic nitrogens is 1. The normalized spacial score (nSPS) is 10.8. The quantitative estimate of drug-likeness (QED) is 0.262. The largest absolute Gasteiger partial charge is 0.494 e. The molecule has 0 bridgehead atoms. The lowest BCUT2D eigenvalue weighted by atomic mass is 10.2. The Morgan fingerprint density at radius 1 is 1.00 bits per heavy atom. The van der Waals surface area contributed by atoms with Crippen LogP contribution in [-0.4, -0.2) is 24.2 Å². The Balaban J connectivity index is 1.36. The molecule has 2 aromatic carbocycles. The fourth-order valence-electron chi connectivity index (χ4n) is 2.73. The molecule has 0 N–H and O–H groups in total. The van der Waals surface area contributed by atoms with E-state index in [4.69, 9.17) is 13.9 Å². The van der Waals surface area contributed by atoms with Crippen LogP contribution < -0.4 is 4.74 Å². The van der Waals surface area contributed by atoms with Crippen molar-refractivity contribution in [2.24, 2.45) is 0 Å². The number of oxazole rings is 1. The lowest BCUT2D eigenvalue weighted by Gasteiger charge is -2.07. The standard InChI is InChI=1S/C23H25NO4/c1-17(2)23(25)27-16-8-4-3-7-15-26-19-13-11-18(12-14-19)22-24-20-9-5-6-10-21(20)28-22/h5-6,9-14H,1,3-4,7-8,15-16H2,2H3. The average molecular weight is 379 g/mol. The molecule has 3 rings (SSSR count). The van der Waals surface area contributed by atoms with Gasteiger partial charge in [0.2, 0.25) is 5.89 Å². The Labute approximate surface area is 165 Å². The lowest BCUT2D eigenvalue weighted by molar-refractivity contribution is -0.139. The van der Waals surface area contributed by atoms with Crippen molar-refractivity contribution >= 4 is 17.1 Å². The Hall–Kier alpha value is -3.08. The van der Waals surface area contributed by atoms with Crippen molar-refractivity contribution in [2.45, 2.75) is 32.6 Å². The van der Waals surface area contributed by atoms with E-state index in [0.29, 0.717) is 24.7 Å². The fraction of sp³-hybridized carbons (Fsp3) is 0.304. The highest BCUT2D eigenvalue weighted by atomic mass is 16.5. The molecule has 0 aliphatic rings. The van der Waals surface area contributed by atoms with Crippen molar-refractivity contribution in [3.63, 3.8) is 0 Å². The van der Waals surface area contributed by atoms with E-state index in [1.54, 1.807) is 6.92 Å². The molecule has 3 aromatic rings. The predicted octanol–water partition coefficient (Wildman–Crippen LogP) is 5.55. The number of carbonyl (C=O) groups excluding carboxylic acids is 1. The van der Waals surface area contributed by atoms with Crippen molar-refractivity contribution in [3.8, 4) is 17.2 Å². The highest BCUT2D eigenvalue weighted by Crippen LogP contribution is 2.25. The van der Waals surface area contributed by atoms with Gasteiger partial charge in [0.05, 0.1) is 13.2 Å². The number of hydrogen-bond donors (Lipinski definition) is 0. The molecule has 1 aromatic heterocycles. The van der Waals surface area contributed by atoms with Crippen LogP contribution >= 0.6 is 0 Å². The number of nitrogens with zero attached hydrogens (tertiary/aromatic N) is 1. The molecule has 0 fully saturated rings. The molecular formula is C23H25NO4. The van der Waals surface area contributed by atoms with E-state index in [9.17, 15) is 4.79 Å². The summed E-state index contributed by atoms with van der Waals surface area (Å²) in [5.74, 6) is 1.12. The summed E-state index contributed by atoms with van der Waals surface area (Å²) in [6.07, 6.45) is 3.86. The zero-order valence-electron chi connectivity index (χ0n) is 16.1. The van der Waals surface area contributed by atoms with Crippen LogP contribution in [0.1, 0.15) is 32.6 Å². The van der Waals surface area contributed by atoms with Gasteiger partial charge in [0, 0.05) is 11.1 Å². The first kappa shape index (κ1) is 19.7. The molecule has 0 amide bonds. The average Bonchev–Trinajstić information content (AvgIpc) is 3.14. The van der Waals surface area contributed by atoms with Crippen molar-refractivity contribution < 1.29 is 18.7 Å². The van der Waals surface area contributed by atoms with E-state index < -0.39 is 0 Å². The van der Waals surface area contributed by atoms with Gasteiger partial charge in [-0.15, -0.1) is 0 Å². The summed E-state index contributed by atoms with van der Waals surface area (Å²) >= 11 is 0. The minimum absolute atomic E-state index is 0.315. The summed E-state index contributed by atoms with van der Waals surface area (Å²) in [6, 6.07) is 15.5. The second-order valence-corrected chi connectivity index (χ2v) is 6.69. The maximum absolute atomic E-state index is 11.2. The van der Waals surface area contributed by atoms with Crippen molar-refractivity contribution in [3.05, 3.63) is 60.7 Å². The van der Waals surface area contributed by atoms with E-state index in [1.165, 1.54) is 0 Å². The van der Waals surface area contributed by atoms with Gasteiger partial charge in [0.1, 0.15) is 11.3 Å². The highest BCUT2D eigenvalue weighted by molar-refractivity contribution is 5.86. The number of para-hydroxylation sites is 2. The van der Waals surface area contributed by atoms with Gasteiger partial charge < -0.3 is 13.9 Å². The van der Waals surface area contributed by atoms with Gasteiger partial charge in [-0.05, 0) is 69.0 Å². The minimum Gasteiger partial charge on any atom is -0.494 e. The van der Waals surface area contributed by atoms with Crippen LogP contribution in [0.2, 0.25) is 0 Å². The Bertz CT molecular complexity index is 894. The second-order valence-electron chi connectivity index (χ2n) is 6.69. The van der Waals surface area contributed by atoms with Crippen molar-refractivity contribution in [2.75, 3.05) is 13.2 Å². The number of unbranched alkanes of at least 4 members (excludes halogenated alkanes) is 3. The zero-order valence-corrected chi connectivity index (χ0v) is 16.1. The fourth-order valence-corrected chi connectivity index (χ4v) is 2.73. The van der Waals surface area contributed by atoms with Gasteiger partial charge in [-0.25, -0.2) is 9.78 Å². The summed E-state index contributed by atoms with van der Waals surface area (Å²) in [5, 5.41) is 0. The molecule has 146 valence electrons. The van der Waals surface area contributed by atoms with Crippen molar-refractivity contribution in [1.82, 2.24) is 4.98 Å². The van der Waals surface area contributed by atoms with Gasteiger partial charge in [0.25, 0.3) is 0 Å². The van der Waals surface area contributed by atoms with Crippen LogP contribution in [-0.2, 0) is 9.53 Å². The minimum atomic E-state index is -0.315. The Morgan fingerprint density at radius 3 is 2.43 bits per heavy atom. The van der Waals surface area contributed by atoms with E-state index in [0.717, 1.165) is 48.1 Å². The molecule has 0 saturated heterocycles. The van der Waals surface area contributed by atoms with Gasteiger partial charge in [-0.3, -0.25) is 0 Å². The summed E-state index contributed by atoms with van der Waals surface area (Å²) in [5.41, 5.74) is 3.00. The first-order valence-electron chi connectivity index (χ1n) is 9.55. The molecule has 0 radical (unpaired) electrons. The van der Waals surface area contributed by atoms with Crippen molar-refractivity contribution in [1.29, 1.82) is 0 Å². The van der Waals surface area contributed by atoms with E-state index >= 15 is 0 Å². The van der Waals surface area contributed by atoms with Gasteiger partial charge >= 0.3 is 5.97 Å². The summed E-state index contributed by atoms with van der Waals surface area (Å²) < 4.78 is 16.6. The van der Waals surface area contributed by atoms with Crippen LogP contribution in [0.3, 0.4) is 0 Å². The molecule has 0 unspecified atom stereocenters. The third-order valence-corrected chi connectivity index (χ3v) is 4.28. The second kappa shape index (κ2) is 9.74. The third kappa shape index (κ3) is 5.46. The van der Waals surface area contributed by atoms with Crippen LogP contribution in [0.25, 0.3) is 22.6 Å². The molecule has 5 nitrogen and oxygen atoms in total. The highest BCUT2D eigenvalue weighted by Gasteiger charge is 2.07. The Kier molecular flexibility index (Phi) is 6.84. The SMILES string of the molecule is C=C(C)C(=O)OCCCCCCOc1ccc(-c2nc3ccccc3o2)cc1. The van der Waals surface area contributed by atoms with E-state index in [-0.39, 0.29) is 5.97 Å². The summed E-state index contributed by atoms with van der Waals surface area (Å²) in [6.45, 7) is 6.32. The molecule has 0 spiro atoms. The molecule has 1 heterocycles. The molecule has 5 heteroatoms. The Morgan fingerprint density at radius 2 is 1.71 bits per heavy atom. The molecule has 0 atom stereocenters. The van der Waals surface area contributed by atoms with Crippen LogP contribution in [0.5, 0.6) is 5.75 Å². The monoisotopic (exact) mass is 379 g/mol. The molecule has 0 aliphatic carbocycles. The molecule has 0 aliphatic heterocycles. The van der Waals surface area contributed by atoms with Gasteiger partial charge in [0.15, 0.2) is 5.58 Å². The van der Waals surface area contributed by atoms with Crippen LogP contribution in [0, 0.1) is 0 Å². The smallest absolute Gasteiger partial charge is 0.333 e. The molecular weight excluding hydrogens is 354 g/mol. The number of ether oxygens (including phenoxy) is 2. The predicted molar refractivity (Wildman–Crippen MR) is 109 cm³/mol. The maximum Gasteiger partial charge on any atom is 0.333 e. The van der Waals surface area contributed by atoms with Gasteiger partial charge in [-0.1, -0.05) is 18.7 Å². The molecule has 0 saturated carbocycles.